The summed E-state index contributed by atoms with van der Waals surface area (Å²) >= 11 is 1.91. The number of likely N-dealkylation sites (tertiary alicyclic amines) is 1. The fraction of sp³-hybridized carbons (Fsp3) is 0.524. The Balaban J connectivity index is 1.66. The van der Waals surface area contributed by atoms with Crippen LogP contribution in [0.25, 0.3) is 0 Å². The molecule has 0 N–H and O–H groups in total. The van der Waals surface area contributed by atoms with Gasteiger partial charge in [-0.3, -0.25) is 4.90 Å². The largest absolute Gasteiger partial charge is 0.459 e. The molecule has 1 atom stereocenters. The van der Waals surface area contributed by atoms with Crippen LogP contribution in [0.4, 0.5) is 5.82 Å². The summed E-state index contributed by atoms with van der Waals surface area (Å²) in [5, 5.41) is 0. The van der Waals surface area contributed by atoms with E-state index in [0.717, 1.165) is 32.5 Å². The standard InChI is InChI=1S/C21H29N3O2S/c1-5-17-8-9-18(27-17)14-24-12-10-16(13-24)23(4)20-19(7-6-11-22-20)21(25)26-15(2)3/h6-9,11,15-16H,5,10,12-14H2,1-4H3. The van der Waals surface area contributed by atoms with Crippen molar-refractivity contribution in [2.75, 3.05) is 25.0 Å². The first-order valence-corrected chi connectivity index (χ1v) is 10.5. The van der Waals surface area contributed by atoms with Crippen molar-refractivity contribution < 1.29 is 9.53 Å². The number of likely N-dealkylation sites (N-methyl/N-ethyl adjacent to an activating group) is 1. The fourth-order valence-electron chi connectivity index (χ4n) is 3.48. The molecule has 6 heteroatoms. The minimum absolute atomic E-state index is 0.142. The Kier molecular flexibility index (Phi) is 6.50. The predicted molar refractivity (Wildman–Crippen MR) is 111 cm³/mol. The van der Waals surface area contributed by atoms with Gasteiger partial charge in [0.25, 0.3) is 0 Å². The number of nitrogens with zero attached hydrogens (tertiary/aromatic N) is 3. The first-order chi connectivity index (χ1) is 13.0. The topological polar surface area (TPSA) is 45.7 Å². The third-order valence-electron chi connectivity index (χ3n) is 4.92. The van der Waals surface area contributed by atoms with Crippen LogP contribution in [0.15, 0.2) is 30.5 Å². The molecule has 2 aromatic heterocycles. The van der Waals surface area contributed by atoms with Gasteiger partial charge in [-0.25, -0.2) is 9.78 Å². The summed E-state index contributed by atoms with van der Waals surface area (Å²) in [5.74, 6) is 0.403. The van der Waals surface area contributed by atoms with Gasteiger partial charge in [0.15, 0.2) is 0 Å². The Morgan fingerprint density at radius 3 is 2.85 bits per heavy atom. The summed E-state index contributed by atoms with van der Waals surface area (Å²) < 4.78 is 5.39. The van der Waals surface area contributed by atoms with E-state index in [2.05, 4.69) is 33.8 Å². The SMILES string of the molecule is CCc1ccc(CN2CCC(N(C)c3ncccc3C(=O)OC(C)C)C2)s1. The lowest BCUT2D eigenvalue weighted by Gasteiger charge is -2.27. The molecule has 1 fully saturated rings. The number of carbonyl (C=O) groups excluding carboxylic acids is 1. The van der Waals surface area contributed by atoms with Crippen LogP contribution >= 0.6 is 11.3 Å². The Morgan fingerprint density at radius 1 is 1.37 bits per heavy atom. The molecule has 146 valence electrons. The minimum Gasteiger partial charge on any atom is -0.459 e. The van der Waals surface area contributed by atoms with E-state index >= 15 is 0 Å². The van der Waals surface area contributed by atoms with Crippen LogP contribution in [0.2, 0.25) is 0 Å². The summed E-state index contributed by atoms with van der Waals surface area (Å²) in [6.07, 6.45) is 3.77. The van der Waals surface area contributed by atoms with E-state index in [4.69, 9.17) is 4.74 Å². The van der Waals surface area contributed by atoms with Crippen LogP contribution in [-0.2, 0) is 17.7 Å². The van der Waals surface area contributed by atoms with Crippen molar-refractivity contribution >= 4 is 23.1 Å². The van der Waals surface area contributed by atoms with Crippen LogP contribution in [0.3, 0.4) is 0 Å². The number of aromatic nitrogens is 1. The zero-order chi connectivity index (χ0) is 19.4. The Labute approximate surface area is 166 Å². The summed E-state index contributed by atoms with van der Waals surface area (Å²) in [4.78, 5) is 24.4. The van der Waals surface area contributed by atoms with Crippen molar-refractivity contribution in [1.82, 2.24) is 9.88 Å². The van der Waals surface area contributed by atoms with Crippen molar-refractivity contribution in [3.8, 4) is 0 Å². The van der Waals surface area contributed by atoms with Crippen molar-refractivity contribution in [3.63, 3.8) is 0 Å². The molecular formula is C21H29N3O2S. The van der Waals surface area contributed by atoms with Gasteiger partial charge in [-0.15, -0.1) is 11.3 Å². The average molecular weight is 388 g/mol. The van der Waals surface area contributed by atoms with E-state index in [1.54, 1.807) is 18.3 Å². The van der Waals surface area contributed by atoms with E-state index < -0.39 is 0 Å². The van der Waals surface area contributed by atoms with Gasteiger partial charge in [0.2, 0.25) is 0 Å². The van der Waals surface area contributed by atoms with Crippen LogP contribution in [0, 0.1) is 0 Å². The average Bonchev–Trinajstić information content (AvgIpc) is 3.30. The molecule has 27 heavy (non-hydrogen) atoms. The predicted octanol–water partition coefficient (Wildman–Crippen LogP) is 3.98. The number of aryl methyl sites for hydroxylation is 1. The minimum atomic E-state index is -0.305. The van der Waals surface area contributed by atoms with Crippen LogP contribution < -0.4 is 4.90 Å². The second-order valence-corrected chi connectivity index (χ2v) is 8.59. The third kappa shape index (κ3) is 4.87. The Hall–Kier alpha value is -1.92. The second kappa shape index (κ2) is 8.85. The second-order valence-electron chi connectivity index (χ2n) is 7.34. The molecule has 0 aliphatic carbocycles. The number of pyridine rings is 1. The molecule has 0 spiro atoms. The molecule has 0 radical (unpaired) electrons. The summed E-state index contributed by atoms with van der Waals surface area (Å²) in [6.45, 7) is 8.96. The lowest BCUT2D eigenvalue weighted by Crippen LogP contribution is -2.36. The van der Waals surface area contributed by atoms with E-state index in [0.29, 0.717) is 17.4 Å². The number of anilines is 1. The molecule has 1 unspecified atom stereocenters. The van der Waals surface area contributed by atoms with E-state index in [-0.39, 0.29) is 12.1 Å². The van der Waals surface area contributed by atoms with Crippen LogP contribution in [0.1, 0.15) is 47.3 Å². The molecule has 5 nitrogen and oxygen atoms in total. The maximum absolute atomic E-state index is 12.4. The van der Waals surface area contributed by atoms with Gasteiger partial charge >= 0.3 is 5.97 Å². The first kappa shape index (κ1) is 19.8. The lowest BCUT2D eigenvalue weighted by atomic mass is 10.2. The van der Waals surface area contributed by atoms with Gasteiger partial charge in [-0.1, -0.05) is 6.92 Å². The molecule has 0 bridgehead atoms. The number of thiophene rings is 1. The number of hydrogen-bond acceptors (Lipinski definition) is 6. The van der Waals surface area contributed by atoms with E-state index in [9.17, 15) is 4.79 Å². The monoisotopic (exact) mass is 387 g/mol. The van der Waals surface area contributed by atoms with Gasteiger partial charge in [0.1, 0.15) is 11.4 Å². The maximum atomic E-state index is 12.4. The number of carbonyl (C=O) groups is 1. The lowest BCUT2D eigenvalue weighted by molar-refractivity contribution is 0.0378. The molecular weight excluding hydrogens is 358 g/mol. The Bertz CT molecular complexity index is 774. The highest BCUT2D eigenvalue weighted by Crippen LogP contribution is 2.26. The number of esters is 1. The van der Waals surface area contributed by atoms with Gasteiger partial charge in [-0.2, -0.15) is 0 Å². The third-order valence-corrected chi connectivity index (χ3v) is 6.14. The molecule has 0 saturated carbocycles. The molecule has 0 amide bonds. The summed E-state index contributed by atoms with van der Waals surface area (Å²) in [6, 6.07) is 8.42. The first-order valence-electron chi connectivity index (χ1n) is 9.66. The fourth-order valence-corrected chi connectivity index (χ4v) is 4.48. The summed E-state index contributed by atoms with van der Waals surface area (Å²) in [5.41, 5.74) is 0.540. The number of rotatable bonds is 7. The van der Waals surface area contributed by atoms with E-state index in [1.807, 2.05) is 32.2 Å². The number of ether oxygens (including phenoxy) is 1. The van der Waals surface area contributed by atoms with Gasteiger partial charge in [-0.05, 0) is 51.0 Å². The Morgan fingerprint density at radius 2 is 2.15 bits per heavy atom. The molecule has 0 aromatic carbocycles. The molecule has 1 aliphatic heterocycles. The number of hydrogen-bond donors (Lipinski definition) is 0. The molecule has 1 aliphatic rings. The van der Waals surface area contributed by atoms with Gasteiger partial charge in [0.05, 0.1) is 6.10 Å². The van der Waals surface area contributed by atoms with Crippen molar-refractivity contribution in [2.24, 2.45) is 0 Å². The van der Waals surface area contributed by atoms with E-state index in [1.165, 1.54) is 9.75 Å². The highest BCUT2D eigenvalue weighted by molar-refractivity contribution is 7.11. The highest BCUT2D eigenvalue weighted by Gasteiger charge is 2.29. The van der Waals surface area contributed by atoms with Gasteiger partial charge in [0, 0.05) is 48.7 Å². The zero-order valence-corrected chi connectivity index (χ0v) is 17.5. The maximum Gasteiger partial charge on any atom is 0.342 e. The quantitative estimate of drug-likeness (QED) is 0.673. The molecule has 2 aromatic rings. The molecule has 3 rings (SSSR count). The normalized spacial score (nSPS) is 17.4. The molecule has 3 heterocycles. The van der Waals surface area contributed by atoms with Crippen molar-refractivity contribution in [2.45, 2.75) is 52.3 Å². The smallest absolute Gasteiger partial charge is 0.342 e. The summed E-state index contributed by atoms with van der Waals surface area (Å²) in [7, 11) is 2.03. The zero-order valence-electron chi connectivity index (χ0n) is 16.6. The van der Waals surface area contributed by atoms with Crippen molar-refractivity contribution in [3.05, 3.63) is 45.8 Å². The van der Waals surface area contributed by atoms with Crippen LogP contribution in [-0.4, -0.2) is 48.1 Å². The van der Waals surface area contributed by atoms with Gasteiger partial charge < -0.3 is 9.64 Å². The molecule has 1 saturated heterocycles. The van der Waals surface area contributed by atoms with Crippen molar-refractivity contribution in [1.29, 1.82) is 0 Å². The van der Waals surface area contributed by atoms with Crippen LogP contribution in [0.5, 0.6) is 0 Å². The highest BCUT2D eigenvalue weighted by atomic mass is 32.1.